The zero-order chi connectivity index (χ0) is 31.9. The van der Waals surface area contributed by atoms with Crippen LogP contribution in [0.5, 0.6) is 0 Å². The monoisotopic (exact) mass is 620 g/mol. The van der Waals surface area contributed by atoms with E-state index in [9.17, 15) is 0 Å². The molecule has 0 atom stereocenters. The molecular weight excluding hydrogens is 591 g/mol. The van der Waals surface area contributed by atoms with Crippen LogP contribution in [0.3, 0.4) is 0 Å². The van der Waals surface area contributed by atoms with Gasteiger partial charge in [-0.25, -0.2) is 20.0 Å². The van der Waals surface area contributed by atoms with Crippen LogP contribution in [-0.2, 0) is 0 Å². The molecule has 4 aromatic carbocycles. The number of benzene rings is 4. The van der Waals surface area contributed by atoms with Crippen LogP contribution < -0.4 is 0 Å². The Labute approximate surface area is 297 Å². The zero-order valence-electron chi connectivity index (χ0n) is 26.0. The van der Waals surface area contributed by atoms with E-state index in [1.807, 2.05) is 36.4 Å². The molecule has 5 aliphatic rings. The summed E-state index contributed by atoms with van der Waals surface area (Å²) < 4.78 is 0. The second kappa shape index (κ2) is 12.9. The molecule has 49 heavy (non-hydrogen) atoms. The van der Waals surface area contributed by atoms with Crippen LogP contribution in [0.15, 0.2) is 213 Å². The molecule has 5 aliphatic heterocycles. The maximum absolute atomic E-state index is 5.56. The van der Waals surface area contributed by atoms with E-state index in [0.717, 1.165) is 90.2 Å². The van der Waals surface area contributed by atoms with Gasteiger partial charge >= 0.3 is 18.9 Å². The molecule has 0 aliphatic carbocycles. The Balaban J connectivity index is 0.00000348. The minimum absolute atomic E-state index is 0. The van der Waals surface area contributed by atoms with Crippen molar-refractivity contribution in [1.29, 1.82) is 0 Å². The summed E-state index contributed by atoms with van der Waals surface area (Å²) in [5.41, 5.74) is 15.3. The molecule has 0 amide bonds. The molecule has 0 spiro atoms. The summed E-state index contributed by atoms with van der Waals surface area (Å²) in [4.78, 5) is 20.8. The molecule has 0 aromatic heterocycles. The fourth-order valence-electron chi connectivity index (χ4n) is 6.63. The fourth-order valence-corrected chi connectivity index (χ4v) is 6.63. The zero-order valence-corrected chi connectivity index (χ0v) is 26.0. The average molecular weight is 621 g/mol. The van der Waals surface area contributed by atoms with Gasteiger partial charge in [0.15, 0.2) is 0 Å². The van der Waals surface area contributed by atoms with Crippen LogP contribution in [0.2, 0.25) is 0 Å². The van der Waals surface area contributed by atoms with Gasteiger partial charge in [-0.05, 0) is 70.9 Å². The first-order valence-electron chi connectivity index (χ1n) is 16.1. The number of rotatable bonds is 4. The van der Waals surface area contributed by atoms with E-state index in [0.29, 0.717) is 0 Å². The van der Waals surface area contributed by atoms with Crippen molar-refractivity contribution in [2.24, 2.45) is 20.0 Å². The molecule has 0 fully saturated rings. The Morgan fingerprint density at radius 2 is 0.816 bits per heavy atom. The van der Waals surface area contributed by atoms with E-state index in [2.05, 4.69) is 133 Å². The molecular formula is C44H29LiN4. The number of hydrogen-bond donors (Lipinski definition) is 0. The third kappa shape index (κ3) is 5.79. The standard InChI is InChI=1S/C44H28N4.Li.H/c1-5-13-29(14-6-1)38-27-37-26-35-22-21-33(45-35)25-34-23-24-36(46-34)28-39-40(30-15-7-2-8-16-30)41(31-17-9-3-10-18-31)44(48-39)42(43(38)47-37)32-19-11-4-12-20-32;;/h1-28H;;. The van der Waals surface area contributed by atoms with E-state index in [1.165, 1.54) is 0 Å². The number of nitrogens with zero attached hydrogens (tertiary/aromatic N) is 4. The second-order valence-corrected chi connectivity index (χ2v) is 11.9. The van der Waals surface area contributed by atoms with E-state index < -0.39 is 0 Å². The Morgan fingerprint density at radius 3 is 1.39 bits per heavy atom. The van der Waals surface area contributed by atoms with Gasteiger partial charge in [-0.3, -0.25) is 0 Å². The summed E-state index contributed by atoms with van der Waals surface area (Å²) in [5.74, 6) is 0. The summed E-state index contributed by atoms with van der Waals surface area (Å²) in [6.45, 7) is 0. The Bertz CT molecular complexity index is 2380. The summed E-state index contributed by atoms with van der Waals surface area (Å²) in [6, 6.07) is 42.1. The topological polar surface area (TPSA) is 49.4 Å². The first kappa shape index (κ1) is 30.4. The predicted octanol–water partition coefficient (Wildman–Crippen LogP) is 9.04. The van der Waals surface area contributed by atoms with Crippen LogP contribution >= 0.6 is 0 Å². The Hall–Kier alpha value is -5.92. The molecule has 5 heterocycles. The molecule has 0 saturated carbocycles. The molecule has 8 bridgehead atoms. The molecule has 0 N–H and O–H groups in total. The van der Waals surface area contributed by atoms with Gasteiger partial charge in [0.1, 0.15) is 0 Å². The van der Waals surface area contributed by atoms with Crippen LogP contribution in [0.25, 0.3) is 22.3 Å². The van der Waals surface area contributed by atoms with Gasteiger partial charge in [0.2, 0.25) is 0 Å². The number of hydrogen-bond acceptors (Lipinski definition) is 4. The number of fused-ring (bicyclic) bond motifs is 4. The van der Waals surface area contributed by atoms with Crippen molar-refractivity contribution in [3.63, 3.8) is 0 Å². The molecule has 0 saturated heterocycles. The molecule has 5 heteroatoms. The van der Waals surface area contributed by atoms with E-state index >= 15 is 0 Å². The van der Waals surface area contributed by atoms with Gasteiger partial charge in [-0.15, -0.1) is 0 Å². The second-order valence-electron chi connectivity index (χ2n) is 11.9. The maximum atomic E-state index is 5.56. The predicted molar refractivity (Wildman–Crippen MR) is 207 cm³/mol. The van der Waals surface area contributed by atoms with Crippen molar-refractivity contribution in [3.8, 4) is 0 Å². The first-order chi connectivity index (χ1) is 23.8. The van der Waals surface area contributed by atoms with Crippen LogP contribution in [-0.4, -0.2) is 41.7 Å². The van der Waals surface area contributed by atoms with Crippen molar-refractivity contribution in [3.05, 3.63) is 215 Å². The SMILES string of the molecule is C1=CC2=NC1=CC1=NC(=C(c3ccccc3)C3=NC(=CC4=NC(=C2)C=C4)C=C3c2ccccc2)C(c2ccccc2)=C1c1ccccc1.[LiH]. The van der Waals surface area contributed by atoms with Gasteiger partial charge in [0.25, 0.3) is 0 Å². The normalized spacial score (nSPS) is 17.5. The Morgan fingerprint density at radius 1 is 0.347 bits per heavy atom. The van der Waals surface area contributed by atoms with E-state index in [1.54, 1.807) is 0 Å². The molecule has 0 radical (unpaired) electrons. The van der Waals surface area contributed by atoms with Gasteiger partial charge in [0, 0.05) is 22.3 Å². The third-order valence-electron chi connectivity index (χ3n) is 8.75. The fraction of sp³-hybridized carbons (Fsp3) is 0. The van der Waals surface area contributed by atoms with E-state index in [4.69, 9.17) is 20.0 Å². The van der Waals surface area contributed by atoms with Crippen LogP contribution in [0.1, 0.15) is 22.3 Å². The van der Waals surface area contributed by atoms with Gasteiger partial charge < -0.3 is 0 Å². The van der Waals surface area contributed by atoms with Crippen LogP contribution in [0.4, 0.5) is 0 Å². The summed E-state index contributed by atoms with van der Waals surface area (Å²) in [7, 11) is 0. The van der Waals surface area contributed by atoms with Gasteiger partial charge in [-0.2, -0.15) is 0 Å². The van der Waals surface area contributed by atoms with Crippen molar-refractivity contribution >= 4 is 64.0 Å². The van der Waals surface area contributed by atoms with Crippen molar-refractivity contribution < 1.29 is 0 Å². The first-order valence-corrected chi connectivity index (χ1v) is 16.1. The van der Waals surface area contributed by atoms with Gasteiger partial charge in [-0.1, -0.05) is 121 Å². The molecule has 9 rings (SSSR count). The molecule has 4 nitrogen and oxygen atoms in total. The number of allylic oxidation sites excluding steroid dienone is 12. The van der Waals surface area contributed by atoms with Crippen molar-refractivity contribution in [2.45, 2.75) is 0 Å². The summed E-state index contributed by atoms with van der Waals surface area (Å²) in [5, 5.41) is 0. The molecule has 4 aromatic rings. The quantitative estimate of drug-likeness (QED) is 0.205. The summed E-state index contributed by atoms with van der Waals surface area (Å²) in [6.07, 6.45) is 16.5. The minimum atomic E-state index is 0. The van der Waals surface area contributed by atoms with Gasteiger partial charge in [0.05, 0.1) is 45.6 Å². The average Bonchev–Trinajstić information content (AvgIpc) is 3.94. The Kier molecular flexibility index (Phi) is 8.03. The number of aliphatic imine (C=N–C) groups is 4. The molecule has 0 unspecified atom stereocenters. The van der Waals surface area contributed by atoms with Crippen molar-refractivity contribution in [1.82, 2.24) is 0 Å². The summed E-state index contributed by atoms with van der Waals surface area (Å²) >= 11 is 0. The third-order valence-corrected chi connectivity index (χ3v) is 8.75. The molecule has 226 valence electrons. The van der Waals surface area contributed by atoms with Crippen LogP contribution in [0, 0.1) is 0 Å². The van der Waals surface area contributed by atoms with E-state index in [-0.39, 0.29) is 18.9 Å². The van der Waals surface area contributed by atoms with Crippen molar-refractivity contribution in [2.75, 3.05) is 0 Å².